The van der Waals surface area contributed by atoms with E-state index in [1.165, 1.54) is 12.1 Å². The summed E-state index contributed by atoms with van der Waals surface area (Å²) in [6.45, 7) is 1.69. The van der Waals surface area contributed by atoms with Crippen LogP contribution in [-0.2, 0) is 4.79 Å². The van der Waals surface area contributed by atoms with Gasteiger partial charge in [0.2, 0.25) is 5.75 Å². The topological polar surface area (TPSA) is 117 Å². The molecule has 0 saturated heterocycles. The third-order valence-electron chi connectivity index (χ3n) is 4.21. The largest absolute Gasteiger partial charge is 0.502 e. The minimum atomic E-state index is -0.702. The fourth-order valence-electron chi connectivity index (χ4n) is 2.76. The second-order valence-corrected chi connectivity index (χ2v) is 7.16. The van der Waals surface area contributed by atoms with E-state index in [1.807, 2.05) is 42.5 Å². The van der Waals surface area contributed by atoms with E-state index in [2.05, 4.69) is 31.8 Å². The highest BCUT2D eigenvalue weighted by Crippen LogP contribution is 2.32. The van der Waals surface area contributed by atoms with Gasteiger partial charge in [0.05, 0.1) is 11.1 Å². The number of carbonyl (C=O) groups excluding carboxylic acids is 1. The number of amides is 1. The fourth-order valence-corrected chi connectivity index (χ4v) is 3.22. The van der Waals surface area contributed by atoms with E-state index in [0.29, 0.717) is 4.47 Å². The first kappa shape index (κ1) is 20.3. The monoisotopic (exact) mass is 456 g/mol. The van der Waals surface area contributed by atoms with Crippen LogP contribution in [0.1, 0.15) is 12.5 Å². The number of rotatable bonds is 6. The first-order chi connectivity index (χ1) is 13.9. The molecule has 0 aliphatic rings. The summed E-state index contributed by atoms with van der Waals surface area (Å²) in [5.41, 5.74) is 2.82. The third-order valence-corrected chi connectivity index (χ3v) is 4.67. The van der Waals surface area contributed by atoms with Crippen LogP contribution in [0.2, 0.25) is 0 Å². The van der Waals surface area contributed by atoms with Crippen molar-refractivity contribution in [2.24, 2.45) is 5.10 Å². The lowest BCUT2D eigenvalue weighted by atomic mass is 10.1. The molecule has 3 N–H and O–H groups in total. The van der Waals surface area contributed by atoms with E-state index in [0.717, 1.165) is 22.7 Å². The Morgan fingerprint density at radius 2 is 1.97 bits per heavy atom. The summed E-state index contributed by atoms with van der Waals surface area (Å²) in [4.78, 5) is 22.6. The predicted octanol–water partition coefficient (Wildman–Crippen LogP) is 4.17. The Hall–Kier alpha value is -3.46. The molecule has 1 atom stereocenters. The SMILES string of the molecule is CC(Nc1cccc2ccccc12)C(=O)NN=Cc1cc(Br)cc([N+](=O)[O-])c1O. The number of hydrogen-bond donors (Lipinski definition) is 3. The highest BCUT2D eigenvalue weighted by Gasteiger charge is 2.18. The van der Waals surface area contributed by atoms with Crippen LogP contribution in [0.4, 0.5) is 11.4 Å². The number of phenols is 1. The number of nitrogens with zero attached hydrogens (tertiary/aromatic N) is 2. The Labute approximate surface area is 174 Å². The highest BCUT2D eigenvalue weighted by molar-refractivity contribution is 9.10. The number of nitrogens with one attached hydrogen (secondary N) is 2. The molecule has 148 valence electrons. The van der Waals surface area contributed by atoms with E-state index in [4.69, 9.17) is 0 Å². The van der Waals surface area contributed by atoms with Crippen LogP contribution < -0.4 is 10.7 Å². The standard InChI is InChI=1S/C20H17BrN4O4/c1-12(23-17-8-4-6-13-5-2-3-7-16(13)17)20(27)24-22-11-14-9-15(21)10-18(19(14)26)25(28)29/h2-12,23,26H,1H3,(H,24,27). The van der Waals surface area contributed by atoms with Crippen LogP contribution in [0.3, 0.4) is 0 Å². The Balaban J connectivity index is 1.70. The molecule has 0 fully saturated rings. The smallest absolute Gasteiger partial charge is 0.312 e. The number of carbonyl (C=O) groups is 1. The summed E-state index contributed by atoms with van der Waals surface area (Å²) in [5, 5.41) is 29.9. The van der Waals surface area contributed by atoms with Crippen molar-refractivity contribution in [3.8, 4) is 5.75 Å². The lowest BCUT2D eigenvalue weighted by Gasteiger charge is -2.15. The number of anilines is 1. The second-order valence-electron chi connectivity index (χ2n) is 6.25. The molecular formula is C20H17BrN4O4. The van der Waals surface area contributed by atoms with Crippen molar-refractivity contribution in [3.63, 3.8) is 0 Å². The van der Waals surface area contributed by atoms with Gasteiger partial charge in [-0.05, 0) is 24.4 Å². The van der Waals surface area contributed by atoms with Crippen LogP contribution in [0.25, 0.3) is 10.8 Å². The number of nitro groups is 1. The molecule has 1 amide bonds. The molecule has 0 aliphatic heterocycles. The van der Waals surface area contributed by atoms with E-state index < -0.39 is 28.3 Å². The Bertz CT molecular complexity index is 1110. The van der Waals surface area contributed by atoms with Gasteiger partial charge in [0.25, 0.3) is 5.91 Å². The van der Waals surface area contributed by atoms with E-state index >= 15 is 0 Å². The minimum absolute atomic E-state index is 0.0982. The molecule has 0 bridgehead atoms. The first-order valence-electron chi connectivity index (χ1n) is 8.61. The summed E-state index contributed by atoms with van der Waals surface area (Å²) in [6, 6.07) is 15.6. The number of nitro benzene ring substituents is 1. The van der Waals surface area contributed by atoms with E-state index in [1.54, 1.807) is 6.92 Å². The number of hydrazone groups is 1. The van der Waals surface area contributed by atoms with Gasteiger partial charge in [-0.1, -0.05) is 52.3 Å². The predicted molar refractivity (Wildman–Crippen MR) is 115 cm³/mol. The molecule has 8 nitrogen and oxygen atoms in total. The molecule has 0 saturated carbocycles. The van der Waals surface area contributed by atoms with Crippen LogP contribution >= 0.6 is 15.9 Å². The van der Waals surface area contributed by atoms with Gasteiger partial charge in [0.15, 0.2) is 0 Å². The first-order valence-corrected chi connectivity index (χ1v) is 9.40. The van der Waals surface area contributed by atoms with Gasteiger partial charge >= 0.3 is 5.69 Å². The fraction of sp³-hybridized carbons (Fsp3) is 0.100. The van der Waals surface area contributed by atoms with Crippen LogP contribution in [0.15, 0.2) is 64.2 Å². The Morgan fingerprint density at radius 1 is 1.24 bits per heavy atom. The van der Waals surface area contributed by atoms with Crippen LogP contribution in [0, 0.1) is 10.1 Å². The third kappa shape index (κ3) is 4.69. The zero-order valence-electron chi connectivity index (χ0n) is 15.3. The van der Waals surface area contributed by atoms with Crippen molar-refractivity contribution in [2.45, 2.75) is 13.0 Å². The summed E-state index contributed by atoms with van der Waals surface area (Å²) < 4.78 is 0.403. The maximum atomic E-state index is 12.3. The Morgan fingerprint density at radius 3 is 2.72 bits per heavy atom. The van der Waals surface area contributed by atoms with Gasteiger partial charge in [0.1, 0.15) is 6.04 Å². The zero-order valence-corrected chi connectivity index (χ0v) is 16.9. The molecule has 1 unspecified atom stereocenters. The number of fused-ring (bicyclic) bond motifs is 1. The van der Waals surface area contributed by atoms with Crippen molar-refractivity contribution in [1.82, 2.24) is 5.43 Å². The number of halogens is 1. The molecule has 9 heteroatoms. The lowest BCUT2D eigenvalue weighted by Crippen LogP contribution is -2.34. The number of aromatic hydroxyl groups is 1. The lowest BCUT2D eigenvalue weighted by molar-refractivity contribution is -0.385. The second kappa shape index (κ2) is 8.70. The highest BCUT2D eigenvalue weighted by atomic mass is 79.9. The molecule has 0 spiro atoms. The molecule has 29 heavy (non-hydrogen) atoms. The maximum Gasteiger partial charge on any atom is 0.312 e. The summed E-state index contributed by atoms with van der Waals surface area (Å²) in [5.74, 6) is -0.934. The van der Waals surface area contributed by atoms with Crippen LogP contribution in [0.5, 0.6) is 5.75 Å². The molecule has 0 radical (unpaired) electrons. The van der Waals surface area contributed by atoms with Crippen LogP contribution in [-0.4, -0.2) is 28.2 Å². The number of benzene rings is 3. The van der Waals surface area contributed by atoms with E-state index in [-0.39, 0.29) is 5.56 Å². The van der Waals surface area contributed by atoms with Gasteiger partial charge in [-0.2, -0.15) is 5.10 Å². The van der Waals surface area contributed by atoms with Gasteiger partial charge in [-0.15, -0.1) is 0 Å². The van der Waals surface area contributed by atoms with Gasteiger partial charge in [-0.3, -0.25) is 14.9 Å². The summed E-state index contributed by atoms with van der Waals surface area (Å²) in [7, 11) is 0. The molecular weight excluding hydrogens is 440 g/mol. The number of hydrogen-bond acceptors (Lipinski definition) is 6. The minimum Gasteiger partial charge on any atom is -0.502 e. The van der Waals surface area contributed by atoms with Gasteiger partial charge in [0, 0.05) is 27.2 Å². The quantitative estimate of drug-likeness (QED) is 0.292. The summed E-state index contributed by atoms with van der Waals surface area (Å²) >= 11 is 3.14. The molecule has 3 aromatic carbocycles. The normalized spacial score (nSPS) is 12.1. The molecule has 0 heterocycles. The molecule has 3 rings (SSSR count). The van der Waals surface area contributed by atoms with Crippen molar-refractivity contribution in [3.05, 3.63) is 74.7 Å². The van der Waals surface area contributed by atoms with Crippen molar-refractivity contribution < 1.29 is 14.8 Å². The van der Waals surface area contributed by atoms with Crippen molar-refractivity contribution in [1.29, 1.82) is 0 Å². The molecule has 3 aromatic rings. The molecule has 0 aromatic heterocycles. The van der Waals surface area contributed by atoms with Crippen molar-refractivity contribution in [2.75, 3.05) is 5.32 Å². The summed E-state index contributed by atoms with van der Waals surface area (Å²) in [6.07, 6.45) is 1.15. The average molecular weight is 457 g/mol. The van der Waals surface area contributed by atoms with Crippen molar-refractivity contribution >= 4 is 50.2 Å². The Kier molecular flexibility index (Phi) is 6.08. The maximum absolute atomic E-state index is 12.3. The van der Waals surface area contributed by atoms with Gasteiger partial charge < -0.3 is 10.4 Å². The van der Waals surface area contributed by atoms with E-state index in [9.17, 15) is 20.0 Å². The zero-order chi connectivity index (χ0) is 21.0. The molecule has 0 aliphatic carbocycles. The number of phenolic OH excluding ortho intramolecular Hbond substituents is 1. The van der Waals surface area contributed by atoms with Gasteiger partial charge in [-0.25, -0.2) is 5.43 Å². The average Bonchev–Trinajstić information content (AvgIpc) is 2.70.